The Balaban J connectivity index is 1.22. The predicted octanol–water partition coefficient (Wildman–Crippen LogP) is 3.44. The summed E-state index contributed by atoms with van der Waals surface area (Å²) in [6, 6.07) is 13.4. The number of nitrogens with one attached hydrogen (secondary N) is 2. The number of rotatable bonds is 8. The minimum absolute atomic E-state index is 0.00991. The summed E-state index contributed by atoms with van der Waals surface area (Å²) < 4.78 is 36.5. The van der Waals surface area contributed by atoms with Crippen molar-refractivity contribution in [2.45, 2.75) is 43.9 Å². The fraction of sp³-hybridized carbons (Fsp3) is 0.435. The molecule has 1 aliphatic carbocycles. The van der Waals surface area contributed by atoms with Crippen LogP contribution in [0, 0.1) is 18.8 Å². The second-order valence-electron chi connectivity index (χ2n) is 8.48. The summed E-state index contributed by atoms with van der Waals surface area (Å²) in [5, 5.41) is 3.06. The first-order chi connectivity index (χ1) is 15.4. The molecule has 4 rings (SSSR count). The monoisotopic (exact) mass is 472 g/mol. The SMILES string of the molecule is Cc1ccc(CCNC(=O)C2CCC(CNS(=O)(=O)c3cccc4nsnc34)CC2)cc1. The lowest BCUT2D eigenvalue weighted by molar-refractivity contribution is -0.126. The highest BCUT2D eigenvalue weighted by Gasteiger charge is 2.27. The lowest BCUT2D eigenvalue weighted by Gasteiger charge is -2.28. The van der Waals surface area contributed by atoms with Gasteiger partial charge >= 0.3 is 0 Å². The van der Waals surface area contributed by atoms with E-state index in [1.54, 1.807) is 18.2 Å². The Morgan fingerprint density at radius 3 is 2.56 bits per heavy atom. The number of sulfonamides is 1. The Hall–Kier alpha value is -2.36. The van der Waals surface area contributed by atoms with E-state index < -0.39 is 10.0 Å². The summed E-state index contributed by atoms with van der Waals surface area (Å²) in [6.45, 7) is 3.07. The van der Waals surface area contributed by atoms with Gasteiger partial charge < -0.3 is 5.32 Å². The summed E-state index contributed by atoms with van der Waals surface area (Å²) >= 11 is 1.01. The van der Waals surface area contributed by atoms with Crippen LogP contribution >= 0.6 is 11.7 Å². The molecule has 170 valence electrons. The molecule has 2 aromatic carbocycles. The second kappa shape index (κ2) is 10.1. The average Bonchev–Trinajstić information content (AvgIpc) is 3.28. The molecule has 0 radical (unpaired) electrons. The van der Waals surface area contributed by atoms with Crippen molar-refractivity contribution in [2.75, 3.05) is 13.1 Å². The number of aryl methyl sites for hydroxylation is 1. The maximum absolute atomic E-state index is 12.8. The van der Waals surface area contributed by atoms with Gasteiger partial charge in [-0.2, -0.15) is 8.75 Å². The van der Waals surface area contributed by atoms with E-state index in [0.29, 0.717) is 24.1 Å². The second-order valence-corrected chi connectivity index (χ2v) is 10.7. The molecule has 32 heavy (non-hydrogen) atoms. The molecule has 1 saturated carbocycles. The Morgan fingerprint density at radius 1 is 1.06 bits per heavy atom. The van der Waals surface area contributed by atoms with Crippen LogP contribution in [-0.4, -0.2) is 36.2 Å². The zero-order valence-electron chi connectivity index (χ0n) is 18.1. The van der Waals surface area contributed by atoms with Crippen molar-refractivity contribution in [1.82, 2.24) is 18.8 Å². The van der Waals surface area contributed by atoms with E-state index in [-0.39, 0.29) is 22.6 Å². The fourth-order valence-electron chi connectivity index (χ4n) is 4.16. The summed E-state index contributed by atoms with van der Waals surface area (Å²) in [5.74, 6) is 0.351. The summed E-state index contributed by atoms with van der Waals surface area (Å²) in [7, 11) is -3.65. The van der Waals surface area contributed by atoms with Gasteiger partial charge in [-0.25, -0.2) is 13.1 Å². The Morgan fingerprint density at radius 2 is 1.81 bits per heavy atom. The van der Waals surface area contributed by atoms with Crippen LogP contribution in [0.5, 0.6) is 0 Å². The Labute approximate surface area is 193 Å². The maximum atomic E-state index is 12.8. The molecule has 0 unspecified atom stereocenters. The Bertz CT molecular complexity index is 1170. The number of carbonyl (C=O) groups is 1. The minimum atomic E-state index is -3.65. The standard InChI is InChI=1S/C23H28N4O3S2/c1-16-5-7-17(8-6-16)13-14-24-23(28)19-11-9-18(10-12-19)15-25-32(29,30)21-4-2-3-20-22(21)27-31-26-20/h2-8,18-19,25H,9-15H2,1H3,(H,24,28). The number of nitrogens with zero attached hydrogens (tertiary/aromatic N) is 2. The number of hydrogen-bond acceptors (Lipinski definition) is 6. The molecule has 0 atom stereocenters. The van der Waals surface area contributed by atoms with Crippen LogP contribution in [-0.2, 0) is 21.2 Å². The molecule has 1 heterocycles. The van der Waals surface area contributed by atoms with E-state index in [9.17, 15) is 13.2 Å². The van der Waals surface area contributed by atoms with E-state index in [2.05, 4.69) is 50.0 Å². The van der Waals surface area contributed by atoms with Crippen molar-refractivity contribution in [2.24, 2.45) is 11.8 Å². The number of amides is 1. The normalized spacial score (nSPS) is 19.2. The van der Waals surface area contributed by atoms with Crippen LogP contribution in [0.3, 0.4) is 0 Å². The molecule has 0 spiro atoms. The molecule has 2 N–H and O–H groups in total. The molecular formula is C23H28N4O3S2. The first kappa shape index (κ1) is 22.8. The number of fused-ring (bicyclic) bond motifs is 1. The van der Waals surface area contributed by atoms with Gasteiger partial charge in [0.05, 0.1) is 11.7 Å². The van der Waals surface area contributed by atoms with Crippen molar-refractivity contribution >= 4 is 38.7 Å². The van der Waals surface area contributed by atoms with Gasteiger partial charge in [0.2, 0.25) is 15.9 Å². The van der Waals surface area contributed by atoms with Crippen molar-refractivity contribution in [3.8, 4) is 0 Å². The van der Waals surface area contributed by atoms with Crippen LogP contribution in [0.1, 0.15) is 36.8 Å². The maximum Gasteiger partial charge on any atom is 0.242 e. The highest BCUT2D eigenvalue weighted by atomic mass is 32.2. The van der Waals surface area contributed by atoms with E-state index in [1.807, 2.05) is 0 Å². The molecular weight excluding hydrogens is 444 g/mol. The topological polar surface area (TPSA) is 101 Å². The summed E-state index contributed by atoms with van der Waals surface area (Å²) in [6.07, 6.45) is 4.06. The van der Waals surface area contributed by atoms with Gasteiger partial charge in [-0.15, -0.1) is 0 Å². The largest absolute Gasteiger partial charge is 0.356 e. The van der Waals surface area contributed by atoms with Crippen LogP contribution in [0.2, 0.25) is 0 Å². The third kappa shape index (κ3) is 5.51. The van der Waals surface area contributed by atoms with Crippen LogP contribution in [0.4, 0.5) is 0 Å². The van der Waals surface area contributed by atoms with Gasteiger partial charge in [0.15, 0.2) is 0 Å². The van der Waals surface area contributed by atoms with Gasteiger partial charge in [0.25, 0.3) is 0 Å². The number of aromatic nitrogens is 2. The molecule has 0 saturated heterocycles. The zero-order chi connectivity index (χ0) is 22.6. The van der Waals surface area contributed by atoms with Gasteiger partial charge in [-0.05, 0) is 62.6 Å². The van der Waals surface area contributed by atoms with Crippen LogP contribution < -0.4 is 10.0 Å². The van der Waals surface area contributed by atoms with Crippen molar-refractivity contribution < 1.29 is 13.2 Å². The minimum Gasteiger partial charge on any atom is -0.356 e. The van der Waals surface area contributed by atoms with Crippen LogP contribution in [0.15, 0.2) is 47.4 Å². The molecule has 1 aromatic heterocycles. The fourth-order valence-corrected chi connectivity index (χ4v) is 6.04. The lowest BCUT2D eigenvalue weighted by atomic mass is 9.81. The highest BCUT2D eigenvalue weighted by Crippen LogP contribution is 2.29. The first-order valence-electron chi connectivity index (χ1n) is 11.0. The quantitative estimate of drug-likeness (QED) is 0.523. The third-order valence-electron chi connectivity index (χ3n) is 6.15. The zero-order valence-corrected chi connectivity index (χ0v) is 19.7. The molecule has 9 heteroatoms. The van der Waals surface area contributed by atoms with E-state index in [0.717, 1.165) is 43.8 Å². The van der Waals surface area contributed by atoms with E-state index in [1.165, 1.54) is 11.1 Å². The molecule has 0 bridgehead atoms. The van der Waals surface area contributed by atoms with E-state index >= 15 is 0 Å². The lowest BCUT2D eigenvalue weighted by Crippen LogP contribution is -2.36. The smallest absolute Gasteiger partial charge is 0.242 e. The van der Waals surface area contributed by atoms with E-state index in [4.69, 9.17) is 0 Å². The number of benzene rings is 2. The first-order valence-corrected chi connectivity index (χ1v) is 13.2. The van der Waals surface area contributed by atoms with Crippen LogP contribution in [0.25, 0.3) is 11.0 Å². The van der Waals surface area contributed by atoms with Crippen molar-refractivity contribution in [3.05, 3.63) is 53.6 Å². The summed E-state index contributed by atoms with van der Waals surface area (Å²) in [4.78, 5) is 12.7. The third-order valence-corrected chi connectivity index (χ3v) is 8.15. The molecule has 1 fully saturated rings. The van der Waals surface area contributed by atoms with Gasteiger partial charge in [-0.1, -0.05) is 35.9 Å². The van der Waals surface area contributed by atoms with Crippen molar-refractivity contribution in [3.63, 3.8) is 0 Å². The summed E-state index contributed by atoms with van der Waals surface area (Å²) in [5.41, 5.74) is 3.45. The average molecular weight is 473 g/mol. The molecule has 7 nitrogen and oxygen atoms in total. The van der Waals surface area contributed by atoms with Gasteiger partial charge in [0, 0.05) is 19.0 Å². The van der Waals surface area contributed by atoms with Crippen molar-refractivity contribution in [1.29, 1.82) is 0 Å². The number of hydrogen-bond donors (Lipinski definition) is 2. The Kier molecular flexibility index (Phi) is 7.17. The highest BCUT2D eigenvalue weighted by molar-refractivity contribution is 7.89. The van der Waals surface area contributed by atoms with Gasteiger partial charge in [0.1, 0.15) is 15.9 Å². The molecule has 3 aromatic rings. The number of carbonyl (C=O) groups excluding carboxylic acids is 1. The molecule has 1 aliphatic rings. The van der Waals surface area contributed by atoms with Gasteiger partial charge in [-0.3, -0.25) is 4.79 Å². The molecule has 1 amide bonds. The molecule has 0 aliphatic heterocycles. The predicted molar refractivity (Wildman–Crippen MR) is 126 cm³/mol.